The number of Topliss-reactive ketones (excluding diaryl/α,β-unsaturated/α-hetero) is 1. The molecule has 0 radical (unpaired) electrons. The van der Waals surface area contributed by atoms with Crippen LogP contribution < -0.4 is 0 Å². The summed E-state index contributed by atoms with van der Waals surface area (Å²) >= 11 is 0. The van der Waals surface area contributed by atoms with Crippen molar-refractivity contribution in [2.24, 2.45) is 0 Å². The third-order valence-corrected chi connectivity index (χ3v) is 4.11. The third kappa shape index (κ3) is 8.04. The van der Waals surface area contributed by atoms with Gasteiger partial charge in [0.2, 0.25) is 0 Å². The van der Waals surface area contributed by atoms with Crippen LogP contribution in [0.2, 0.25) is 0 Å². The van der Waals surface area contributed by atoms with Gasteiger partial charge in [-0.2, -0.15) is 0 Å². The number of carbonyl (C=O) groups excluding carboxylic acids is 1. The molecule has 0 bridgehead atoms. The van der Waals surface area contributed by atoms with E-state index in [9.17, 15) is 4.79 Å². The smallest absolute Gasteiger partial charge is 0.137 e. The predicted molar refractivity (Wildman–Crippen MR) is 91.9 cm³/mol. The fourth-order valence-electron chi connectivity index (χ4n) is 2.62. The molecule has 1 rings (SSSR count). The number of ketones is 1. The molecule has 0 amide bonds. The second-order valence-corrected chi connectivity index (χ2v) is 6.48. The van der Waals surface area contributed by atoms with E-state index in [0.717, 1.165) is 18.4 Å². The van der Waals surface area contributed by atoms with Gasteiger partial charge < -0.3 is 0 Å². The lowest BCUT2D eigenvalue weighted by Crippen LogP contribution is -2.02. The number of carbonyl (C=O) groups is 1. The van der Waals surface area contributed by atoms with E-state index in [4.69, 9.17) is 0 Å². The summed E-state index contributed by atoms with van der Waals surface area (Å²) in [5.41, 5.74) is 2.51. The van der Waals surface area contributed by atoms with Gasteiger partial charge in [0.25, 0.3) is 0 Å². The van der Waals surface area contributed by atoms with Crippen LogP contribution in [-0.2, 0) is 11.2 Å². The molecule has 1 heteroatoms. The highest BCUT2D eigenvalue weighted by Gasteiger charge is 2.05. The molecule has 0 saturated carbocycles. The van der Waals surface area contributed by atoms with Crippen LogP contribution in [0.3, 0.4) is 0 Å². The van der Waals surface area contributed by atoms with Crippen molar-refractivity contribution in [1.82, 2.24) is 0 Å². The van der Waals surface area contributed by atoms with Gasteiger partial charge in [0.15, 0.2) is 0 Å². The van der Waals surface area contributed by atoms with Crippen molar-refractivity contribution in [1.29, 1.82) is 0 Å². The Kier molecular flexibility index (Phi) is 9.05. The van der Waals surface area contributed by atoms with Crippen LogP contribution in [0.4, 0.5) is 0 Å². The standard InChI is InChI=1S/C20H32O/c1-4-5-6-7-8-9-10-11-20(21)16-18-12-14-19(15-13-18)17(2)3/h12-15,17H,4-11,16H2,1-3H3. The largest absolute Gasteiger partial charge is 0.299 e. The van der Waals surface area contributed by atoms with Crippen molar-refractivity contribution in [2.45, 2.75) is 84.5 Å². The van der Waals surface area contributed by atoms with Gasteiger partial charge in [-0.25, -0.2) is 0 Å². The molecule has 1 aromatic rings. The molecule has 0 heterocycles. The van der Waals surface area contributed by atoms with Gasteiger partial charge in [0, 0.05) is 12.8 Å². The molecule has 21 heavy (non-hydrogen) atoms. The Hall–Kier alpha value is -1.11. The molecule has 0 aromatic heterocycles. The molecule has 0 unspecified atom stereocenters. The molecule has 0 fully saturated rings. The maximum absolute atomic E-state index is 12.0. The van der Waals surface area contributed by atoms with E-state index in [-0.39, 0.29) is 0 Å². The zero-order chi connectivity index (χ0) is 15.5. The minimum Gasteiger partial charge on any atom is -0.299 e. The molecule has 1 aromatic carbocycles. The summed E-state index contributed by atoms with van der Waals surface area (Å²) in [6.07, 6.45) is 10.3. The lowest BCUT2D eigenvalue weighted by molar-refractivity contribution is -0.118. The molecule has 0 atom stereocenters. The van der Waals surface area contributed by atoms with Gasteiger partial charge in [-0.15, -0.1) is 0 Å². The van der Waals surface area contributed by atoms with E-state index in [2.05, 4.69) is 45.0 Å². The van der Waals surface area contributed by atoms with Crippen LogP contribution in [-0.4, -0.2) is 5.78 Å². The topological polar surface area (TPSA) is 17.1 Å². The molecule has 0 aliphatic heterocycles. The molecule has 0 aliphatic carbocycles. The average Bonchev–Trinajstić information content (AvgIpc) is 2.47. The first kappa shape index (κ1) is 17.9. The minimum atomic E-state index is 0.390. The summed E-state index contributed by atoms with van der Waals surface area (Å²) in [6.45, 7) is 6.63. The quantitative estimate of drug-likeness (QED) is 0.452. The van der Waals surface area contributed by atoms with Gasteiger partial charge in [-0.05, 0) is 23.5 Å². The van der Waals surface area contributed by atoms with E-state index in [1.807, 2.05) is 0 Å². The van der Waals surface area contributed by atoms with Gasteiger partial charge in [-0.3, -0.25) is 4.79 Å². The van der Waals surface area contributed by atoms with Crippen LogP contribution in [0, 0.1) is 0 Å². The minimum absolute atomic E-state index is 0.390. The fraction of sp³-hybridized carbons (Fsp3) is 0.650. The molecule has 1 nitrogen and oxygen atoms in total. The Morgan fingerprint density at radius 3 is 2.05 bits per heavy atom. The van der Waals surface area contributed by atoms with E-state index in [0.29, 0.717) is 18.1 Å². The van der Waals surface area contributed by atoms with Crippen LogP contribution in [0.15, 0.2) is 24.3 Å². The van der Waals surface area contributed by atoms with E-state index in [1.165, 1.54) is 44.1 Å². The zero-order valence-electron chi connectivity index (χ0n) is 14.2. The van der Waals surface area contributed by atoms with Gasteiger partial charge in [0.1, 0.15) is 5.78 Å². The molecule has 0 saturated heterocycles. The highest BCUT2D eigenvalue weighted by molar-refractivity contribution is 5.80. The van der Waals surface area contributed by atoms with Crippen molar-refractivity contribution >= 4 is 5.78 Å². The lowest BCUT2D eigenvalue weighted by Gasteiger charge is -2.06. The van der Waals surface area contributed by atoms with Gasteiger partial charge in [-0.1, -0.05) is 83.6 Å². The number of hydrogen-bond donors (Lipinski definition) is 0. The van der Waals surface area contributed by atoms with Crippen molar-refractivity contribution in [3.63, 3.8) is 0 Å². The fourth-order valence-corrected chi connectivity index (χ4v) is 2.62. The average molecular weight is 288 g/mol. The normalized spacial score (nSPS) is 11.0. The highest BCUT2D eigenvalue weighted by atomic mass is 16.1. The predicted octanol–water partition coefficient (Wildman–Crippen LogP) is 6.06. The first-order chi connectivity index (χ1) is 10.1. The van der Waals surface area contributed by atoms with Gasteiger partial charge in [0.05, 0.1) is 0 Å². The summed E-state index contributed by atoms with van der Waals surface area (Å²) in [5, 5.41) is 0. The summed E-state index contributed by atoms with van der Waals surface area (Å²) in [7, 11) is 0. The molecule has 0 spiro atoms. The van der Waals surface area contributed by atoms with Crippen molar-refractivity contribution < 1.29 is 4.79 Å². The second kappa shape index (κ2) is 10.6. The molecular weight excluding hydrogens is 256 g/mol. The second-order valence-electron chi connectivity index (χ2n) is 6.48. The Morgan fingerprint density at radius 1 is 0.905 bits per heavy atom. The molecule has 118 valence electrons. The van der Waals surface area contributed by atoms with E-state index >= 15 is 0 Å². The zero-order valence-corrected chi connectivity index (χ0v) is 14.2. The van der Waals surface area contributed by atoms with Crippen LogP contribution in [0.5, 0.6) is 0 Å². The Labute approximate surface area is 131 Å². The Bertz CT molecular complexity index is 389. The number of rotatable bonds is 11. The van der Waals surface area contributed by atoms with Crippen LogP contribution in [0.25, 0.3) is 0 Å². The molecular formula is C20H32O. The molecule has 0 aliphatic rings. The summed E-state index contributed by atoms with van der Waals surface area (Å²) < 4.78 is 0. The summed E-state index contributed by atoms with van der Waals surface area (Å²) in [5.74, 6) is 0.948. The first-order valence-electron chi connectivity index (χ1n) is 8.74. The van der Waals surface area contributed by atoms with Crippen LogP contribution >= 0.6 is 0 Å². The summed E-state index contributed by atoms with van der Waals surface area (Å²) in [6, 6.07) is 8.53. The van der Waals surface area contributed by atoms with E-state index < -0.39 is 0 Å². The number of benzene rings is 1. The third-order valence-electron chi connectivity index (χ3n) is 4.11. The Morgan fingerprint density at radius 2 is 1.48 bits per heavy atom. The Balaban J connectivity index is 2.15. The monoisotopic (exact) mass is 288 g/mol. The molecule has 0 N–H and O–H groups in total. The highest BCUT2D eigenvalue weighted by Crippen LogP contribution is 2.16. The van der Waals surface area contributed by atoms with Crippen LogP contribution in [0.1, 0.15) is 89.2 Å². The number of unbranched alkanes of at least 4 members (excludes halogenated alkanes) is 6. The van der Waals surface area contributed by atoms with Crippen molar-refractivity contribution in [2.75, 3.05) is 0 Å². The lowest BCUT2D eigenvalue weighted by atomic mass is 9.98. The maximum atomic E-state index is 12.0. The first-order valence-corrected chi connectivity index (χ1v) is 8.74. The van der Waals surface area contributed by atoms with Gasteiger partial charge >= 0.3 is 0 Å². The number of hydrogen-bond acceptors (Lipinski definition) is 1. The van der Waals surface area contributed by atoms with E-state index in [1.54, 1.807) is 0 Å². The van der Waals surface area contributed by atoms with Crippen molar-refractivity contribution in [3.8, 4) is 0 Å². The van der Waals surface area contributed by atoms with Crippen molar-refractivity contribution in [3.05, 3.63) is 35.4 Å². The summed E-state index contributed by atoms with van der Waals surface area (Å²) in [4.78, 5) is 12.0. The maximum Gasteiger partial charge on any atom is 0.137 e. The SMILES string of the molecule is CCCCCCCCCC(=O)Cc1ccc(C(C)C)cc1.